The lowest BCUT2D eigenvalue weighted by atomic mass is 10.1. The van der Waals surface area contributed by atoms with E-state index in [-0.39, 0.29) is 11.9 Å². The average Bonchev–Trinajstić information content (AvgIpc) is 3.03. The third kappa shape index (κ3) is 4.42. The first-order chi connectivity index (χ1) is 13.0. The van der Waals surface area contributed by atoms with Crippen molar-refractivity contribution in [3.63, 3.8) is 0 Å². The van der Waals surface area contributed by atoms with Crippen molar-refractivity contribution in [1.82, 2.24) is 20.3 Å². The molecule has 0 bridgehead atoms. The third-order valence-corrected chi connectivity index (χ3v) is 4.74. The molecule has 2 aromatic heterocycles. The van der Waals surface area contributed by atoms with Crippen LogP contribution in [0.5, 0.6) is 0 Å². The molecular formula is C18H26FN7O. The molecular weight excluding hydrogens is 349 g/mol. The van der Waals surface area contributed by atoms with Crippen molar-refractivity contribution < 1.29 is 9.50 Å². The summed E-state index contributed by atoms with van der Waals surface area (Å²) in [6.45, 7) is 1.50. The number of hydrogen-bond acceptors (Lipinski definition) is 8. The molecule has 3 rings (SSSR count). The minimum absolute atomic E-state index is 0.0623. The number of nitrogens with one attached hydrogen (secondary N) is 2. The van der Waals surface area contributed by atoms with E-state index in [1.165, 1.54) is 12.5 Å². The van der Waals surface area contributed by atoms with Gasteiger partial charge in [0.05, 0.1) is 24.2 Å². The first kappa shape index (κ1) is 19.2. The van der Waals surface area contributed by atoms with Gasteiger partial charge < -0.3 is 25.5 Å². The zero-order chi connectivity index (χ0) is 19.4. The normalized spacial score (nSPS) is 19.4. The van der Waals surface area contributed by atoms with Crippen molar-refractivity contribution in [2.45, 2.75) is 25.1 Å². The highest BCUT2D eigenvalue weighted by atomic mass is 19.1. The van der Waals surface area contributed by atoms with Gasteiger partial charge in [0.2, 0.25) is 0 Å². The maximum atomic E-state index is 14.2. The molecule has 0 aliphatic carbocycles. The Balaban J connectivity index is 1.68. The molecule has 146 valence electrons. The van der Waals surface area contributed by atoms with Crippen LogP contribution in [0.2, 0.25) is 0 Å². The summed E-state index contributed by atoms with van der Waals surface area (Å²) >= 11 is 0. The minimum atomic E-state index is -0.417. The highest BCUT2D eigenvalue weighted by Gasteiger charge is 2.31. The van der Waals surface area contributed by atoms with Gasteiger partial charge in [-0.05, 0) is 6.42 Å². The van der Waals surface area contributed by atoms with Gasteiger partial charge in [-0.3, -0.25) is 4.98 Å². The second-order valence-corrected chi connectivity index (χ2v) is 6.85. The Hall–Kier alpha value is -2.52. The maximum absolute atomic E-state index is 14.2. The minimum Gasteiger partial charge on any atom is -0.391 e. The quantitative estimate of drug-likeness (QED) is 0.656. The molecule has 0 aromatic carbocycles. The summed E-state index contributed by atoms with van der Waals surface area (Å²) in [5.41, 5.74) is 1.33. The van der Waals surface area contributed by atoms with E-state index < -0.39 is 6.10 Å². The van der Waals surface area contributed by atoms with Crippen LogP contribution in [0, 0.1) is 5.82 Å². The first-order valence-electron chi connectivity index (χ1n) is 8.94. The molecule has 0 saturated carbocycles. The molecule has 9 heteroatoms. The van der Waals surface area contributed by atoms with Crippen molar-refractivity contribution in [3.05, 3.63) is 36.2 Å². The maximum Gasteiger partial charge on any atom is 0.148 e. The molecule has 0 spiro atoms. The Morgan fingerprint density at radius 1 is 1.33 bits per heavy atom. The summed E-state index contributed by atoms with van der Waals surface area (Å²) in [4.78, 5) is 16.3. The van der Waals surface area contributed by atoms with Crippen LogP contribution in [0.15, 0.2) is 24.8 Å². The number of rotatable bonds is 7. The number of hydrogen-bond donors (Lipinski definition) is 3. The predicted octanol–water partition coefficient (Wildman–Crippen LogP) is 0.848. The van der Waals surface area contributed by atoms with Gasteiger partial charge in [-0.1, -0.05) is 0 Å². The molecule has 1 saturated heterocycles. The summed E-state index contributed by atoms with van der Waals surface area (Å²) in [6, 6.07) is 1.92. The van der Waals surface area contributed by atoms with Crippen LogP contribution in [-0.2, 0) is 6.54 Å². The Bertz CT molecular complexity index is 773. The van der Waals surface area contributed by atoms with Gasteiger partial charge in [-0.25, -0.2) is 14.4 Å². The van der Waals surface area contributed by atoms with Crippen LogP contribution in [0.1, 0.15) is 12.0 Å². The fourth-order valence-electron chi connectivity index (χ4n) is 3.38. The van der Waals surface area contributed by atoms with Crippen LogP contribution in [-0.4, -0.2) is 66.4 Å². The van der Waals surface area contributed by atoms with Crippen molar-refractivity contribution >= 4 is 17.3 Å². The molecule has 0 radical (unpaired) electrons. The van der Waals surface area contributed by atoms with Gasteiger partial charge in [-0.2, -0.15) is 0 Å². The lowest BCUT2D eigenvalue weighted by Crippen LogP contribution is -2.38. The summed E-state index contributed by atoms with van der Waals surface area (Å²) < 4.78 is 14.2. The lowest BCUT2D eigenvalue weighted by molar-refractivity contribution is 0.194. The fraction of sp³-hybridized carbons (Fsp3) is 0.500. The molecule has 3 heterocycles. The van der Waals surface area contributed by atoms with Crippen LogP contribution < -0.4 is 20.4 Å². The number of aromatic nitrogens is 3. The van der Waals surface area contributed by atoms with Gasteiger partial charge in [0.15, 0.2) is 0 Å². The van der Waals surface area contributed by atoms with Gasteiger partial charge in [-0.15, -0.1) is 0 Å². The van der Waals surface area contributed by atoms with E-state index in [2.05, 4.69) is 30.5 Å². The summed E-state index contributed by atoms with van der Waals surface area (Å²) in [5, 5.41) is 16.5. The van der Waals surface area contributed by atoms with Crippen LogP contribution in [0.4, 0.5) is 21.7 Å². The van der Waals surface area contributed by atoms with E-state index in [4.69, 9.17) is 0 Å². The molecule has 8 nitrogen and oxygen atoms in total. The molecule has 3 N–H and O–H groups in total. The van der Waals surface area contributed by atoms with E-state index in [9.17, 15) is 9.50 Å². The summed E-state index contributed by atoms with van der Waals surface area (Å²) in [6.07, 6.45) is 4.61. The van der Waals surface area contributed by atoms with Crippen molar-refractivity contribution in [2.24, 2.45) is 0 Å². The number of β-amino-alcohol motifs (C(OH)–C–C–N with tert-alkyl or cyclic N) is 1. The van der Waals surface area contributed by atoms with Crippen LogP contribution in [0.25, 0.3) is 0 Å². The van der Waals surface area contributed by atoms with Crippen LogP contribution in [0.3, 0.4) is 0 Å². The number of aliphatic hydroxyl groups is 1. The van der Waals surface area contributed by atoms with E-state index >= 15 is 0 Å². The molecule has 2 aromatic rings. The molecule has 1 aliphatic rings. The molecule has 1 fully saturated rings. The summed E-state index contributed by atoms with van der Waals surface area (Å²) in [7, 11) is 5.53. The van der Waals surface area contributed by atoms with Gasteiger partial charge in [0.1, 0.15) is 23.8 Å². The number of aliphatic hydroxyl groups excluding tert-OH is 1. The summed E-state index contributed by atoms with van der Waals surface area (Å²) in [5.74, 6) is 1.16. The standard InChI is InChI=1S/C18H26FN7O/c1-20-17-5-18(24-11-23-17)26-10-13(27)4-12(26)6-21-7-14-15(19)8-22-9-16(14)25(2)3/h5,8-9,11-13,21,27H,4,6-7,10H2,1-3H3,(H,20,23,24)/t12-,13-/m1/s1. The SMILES string of the molecule is CNc1cc(N2C[C@H](O)C[C@@H]2CNCc2c(F)cncc2N(C)C)ncn1. The highest BCUT2D eigenvalue weighted by molar-refractivity contribution is 5.51. The topological polar surface area (TPSA) is 89.4 Å². The first-order valence-corrected chi connectivity index (χ1v) is 8.94. The Kier molecular flexibility index (Phi) is 6.02. The second kappa shape index (κ2) is 8.45. The Morgan fingerprint density at radius 2 is 2.15 bits per heavy atom. The molecule has 2 atom stereocenters. The average molecular weight is 375 g/mol. The second-order valence-electron chi connectivity index (χ2n) is 6.85. The highest BCUT2D eigenvalue weighted by Crippen LogP contribution is 2.25. The Morgan fingerprint density at radius 3 is 2.89 bits per heavy atom. The van der Waals surface area contributed by atoms with E-state index in [0.717, 1.165) is 17.3 Å². The lowest BCUT2D eigenvalue weighted by Gasteiger charge is -2.26. The zero-order valence-electron chi connectivity index (χ0n) is 15.9. The number of nitrogens with zero attached hydrogens (tertiary/aromatic N) is 5. The Labute approximate surface area is 158 Å². The molecule has 0 amide bonds. The van der Waals surface area contributed by atoms with E-state index in [0.29, 0.717) is 31.6 Å². The van der Waals surface area contributed by atoms with E-state index in [1.54, 1.807) is 13.2 Å². The number of halogens is 1. The monoisotopic (exact) mass is 375 g/mol. The number of pyridine rings is 1. The van der Waals surface area contributed by atoms with Crippen molar-refractivity contribution in [3.8, 4) is 0 Å². The van der Waals surface area contributed by atoms with Gasteiger partial charge in [0.25, 0.3) is 0 Å². The van der Waals surface area contributed by atoms with E-state index in [1.807, 2.05) is 25.1 Å². The fourth-order valence-corrected chi connectivity index (χ4v) is 3.38. The van der Waals surface area contributed by atoms with Gasteiger partial charge in [0, 0.05) is 58.4 Å². The molecule has 27 heavy (non-hydrogen) atoms. The predicted molar refractivity (Wildman–Crippen MR) is 104 cm³/mol. The van der Waals surface area contributed by atoms with Gasteiger partial charge >= 0.3 is 0 Å². The zero-order valence-corrected chi connectivity index (χ0v) is 15.9. The molecule has 1 aliphatic heterocycles. The largest absolute Gasteiger partial charge is 0.391 e. The third-order valence-electron chi connectivity index (χ3n) is 4.74. The van der Waals surface area contributed by atoms with Crippen molar-refractivity contribution in [2.75, 3.05) is 49.3 Å². The van der Waals surface area contributed by atoms with Crippen LogP contribution >= 0.6 is 0 Å². The van der Waals surface area contributed by atoms with Crippen molar-refractivity contribution in [1.29, 1.82) is 0 Å². The smallest absolute Gasteiger partial charge is 0.148 e. The molecule has 0 unspecified atom stereocenters. The number of anilines is 3.